The van der Waals surface area contributed by atoms with E-state index in [1.807, 2.05) is 12.1 Å². The maximum Gasteiger partial charge on any atom is 0.417 e. The summed E-state index contributed by atoms with van der Waals surface area (Å²) < 4.78 is 40.1. The Hall–Kier alpha value is -1.56. The van der Waals surface area contributed by atoms with Crippen molar-refractivity contribution in [1.82, 2.24) is 10.2 Å². The molecule has 1 N–H and O–H groups in total. The molecule has 1 unspecified atom stereocenters. The zero-order valence-electron chi connectivity index (χ0n) is 15.5. The van der Waals surface area contributed by atoms with E-state index < -0.39 is 11.7 Å². The molecule has 2 aromatic rings. The summed E-state index contributed by atoms with van der Waals surface area (Å²) in [5.41, 5.74) is 2.05. The van der Waals surface area contributed by atoms with E-state index in [4.69, 9.17) is 11.6 Å². The van der Waals surface area contributed by atoms with E-state index in [0.717, 1.165) is 31.7 Å². The first-order chi connectivity index (χ1) is 12.8. The fraction of sp³-hybridized carbons (Fsp3) is 0.429. The van der Waals surface area contributed by atoms with Gasteiger partial charge in [-0.1, -0.05) is 55.8 Å². The maximum absolute atomic E-state index is 13.4. The molecule has 1 fully saturated rings. The molecule has 2 aromatic carbocycles. The van der Waals surface area contributed by atoms with Gasteiger partial charge in [-0.25, -0.2) is 0 Å². The first-order valence-corrected chi connectivity index (χ1v) is 9.56. The van der Waals surface area contributed by atoms with Gasteiger partial charge in [0.05, 0.1) is 16.6 Å². The van der Waals surface area contributed by atoms with Crippen LogP contribution in [0.2, 0.25) is 5.02 Å². The van der Waals surface area contributed by atoms with Crippen molar-refractivity contribution in [2.24, 2.45) is 0 Å². The van der Waals surface area contributed by atoms with E-state index in [-0.39, 0.29) is 11.1 Å². The van der Waals surface area contributed by atoms with Crippen LogP contribution in [0.1, 0.15) is 48.1 Å². The van der Waals surface area contributed by atoms with Crippen LogP contribution in [0.4, 0.5) is 13.2 Å². The molecular weight excluding hydrogens is 373 g/mol. The van der Waals surface area contributed by atoms with Gasteiger partial charge in [0.25, 0.3) is 0 Å². The summed E-state index contributed by atoms with van der Waals surface area (Å²) in [6.07, 6.45) is -4.47. The Kier molecular flexibility index (Phi) is 6.14. The SMILES string of the molecule is CC(C)c1ccc(C(c2ccc(Cl)c(C(F)(F)F)c2)N2CCNCC2)cc1. The molecule has 0 amide bonds. The number of hydrogen-bond acceptors (Lipinski definition) is 2. The smallest absolute Gasteiger partial charge is 0.314 e. The normalized spacial score (nSPS) is 17.3. The van der Waals surface area contributed by atoms with E-state index in [0.29, 0.717) is 11.5 Å². The lowest BCUT2D eigenvalue weighted by molar-refractivity contribution is -0.137. The molecule has 0 spiro atoms. The van der Waals surface area contributed by atoms with Gasteiger partial charge in [-0.3, -0.25) is 4.90 Å². The minimum absolute atomic E-state index is 0.230. The van der Waals surface area contributed by atoms with Gasteiger partial charge in [0.1, 0.15) is 0 Å². The summed E-state index contributed by atoms with van der Waals surface area (Å²) >= 11 is 5.83. The molecular formula is C21H24ClF3N2. The van der Waals surface area contributed by atoms with Gasteiger partial charge in [-0.05, 0) is 34.7 Å². The first kappa shape index (κ1) is 20.2. The lowest BCUT2D eigenvalue weighted by Crippen LogP contribution is -2.45. The molecule has 1 saturated heterocycles. The molecule has 0 radical (unpaired) electrons. The Bertz CT molecular complexity index is 766. The molecule has 1 heterocycles. The molecule has 1 aliphatic rings. The van der Waals surface area contributed by atoms with E-state index in [9.17, 15) is 13.2 Å². The van der Waals surface area contributed by atoms with Crippen molar-refractivity contribution in [2.75, 3.05) is 26.2 Å². The monoisotopic (exact) mass is 396 g/mol. The molecule has 6 heteroatoms. The number of piperazine rings is 1. The number of nitrogens with zero attached hydrogens (tertiary/aromatic N) is 1. The van der Waals surface area contributed by atoms with Crippen molar-refractivity contribution in [1.29, 1.82) is 0 Å². The second kappa shape index (κ2) is 8.21. The number of rotatable bonds is 4. The van der Waals surface area contributed by atoms with Crippen LogP contribution in [0.15, 0.2) is 42.5 Å². The van der Waals surface area contributed by atoms with E-state index >= 15 is 0 Å². The highest BCUT2D eigenvalue weighted by molar-refractivity contribution is 6.31. The summed E-state index contributed by atoms with van der Waals surface area (Å²) in [5, 5.41) is 3.04. The molecule has 1 aliphatic heterocycles. The van der Waals surface area contributed by atoms with Crippen LogP contribution in [0, 0.1) is 0 Å². The van der Waals surface area contributed by atoms with Gasteiger partial charge < -0.3 is 5.32 Å². The van der Waals surface area contributed by atoms with Crippen molar-refractivity contribution < 1.29 is 13.2 Å². The van der Waals surface area contributed by atoms with Crippen LogP contribution in [0.25, 0.3) is 0 Å². The summed E-state index contributed by atoms with van der Waals surface area (Å²) in [7, 11) is 0. The van der Waals surface area contributed by atoms with Crippen LogP contribution < -0.4 is 5.32 Å². The average Bonchev–Trinajstić information content (AvgIpc) is 2.64. The van der Waals surface area contributed by atoms with Crippen molar-refractivity contribution >= 4 is 11.6 Å². The molecule has 0 aromatic heterocycles. The molecule has 0 aliphatic carbocycles. The lowest BCUT2D eigenvalue weighted by Gasteiger charge is -2.36. The van der Waals surface area contributed by atoms with Crippen LogP contribution in [-0.2, 0) is 6.18 Å². The molecule has 1 atom stereocenters. The zero-order chi connectivity index (χ0) is 19.6. The molecule has 146 valence electrons. The summed E-state index contributed by atoms with van der Waals surface area (Å²) in [6, 6.07) is 12.2. The summed E-state index contributed by atoms with van der Waals surface area (Å²) in [5.74, 6) is 0.407. The molecule has 0 saturated carbocycles. The number of benzene rings is 2. The van der Waals surface area contributed by atoms with Gasteiger partial charge in [0.2, 0.25) is 0 Å². The van der Waals surface area contributed by atoms with Crippen molar-refractivity contribution in [2.45, 2.75) is 32.0 Å². The van der Waals surface area contributed by atoms with Gasteiger partial charge in [0, 0.05) is 26.2 Å². The van der Waals surface area contributed by atoms with E-state index in [2.05, 4.69) is 36.2 Å². The largest absolute Gasteiger partial charge is 0.417 e. The fourth-order valence-electron chi connectivity index (χ4n) is 3.55. The Morgan fingerprint density at radius 1 is 0.926 bits per heavy atom. The third-order valence-corrected chi connectivity index (χ3v) is 5.38. The first-order valence-electron chi connectivity index (χ1n) is 9.18. The second-order valence-electron chi connectivity index (χ2n) is 7.25. The van der Waals surface area contributed by atoms with Gasteiger partial charge in [-0.15, -0.1) is 0 Å². The highest BCUT2D eigenvalue weighted by Crippen LogP contribution is 2.38. The van der Waals surface area contributed by atoms with Gasteiger partial charge >= 0.3 is 6.18 Å². The number of alkyl halides is 3. The van der Waals surface area contributed by atoms with Crippen LogP contribution >= 0.6 is 11.6 Å². The van der Waals surface area contributed by atoms with E-state index in [1.165, 1.54) is 17.7 Å². The highest BCUT2D eigenvalue weighted by Gasteiger charge is 2.35. The second-order valence-corrected chi connectivity index (χ2v) is 7.65. The Morgan fingerprint density at radius 3 is 2.04 bits per heavy atom. The standard InChI is InChI=1S/C21H24ClF3N2/c1-14(2)15-3-5-16(6-4-15)20(27-11-9-26-10-12-27)17-7-8-19(22)18(13-17)21(23,24)25/h3-8,13-14,20,26H,9-12H2,1-2H3. The van der Waals surface area contributed by atoms with Crippen LogP contribution in [0.3, 0.4) is 0 Å². The van der Waals surface area contributed by atoms with Gasteiger partial charge in [0.15, 0.2) is 0 Å². The number of nitrogens with one attached hydrogen (secondary N) is 1. The van der Waals surface area contributed by atoms with Gasteiger partial charge in [-0.2, -0.15) is 13.2 Å². The predicted molar refractivity (Wildman–Crippen MR) is 103 cm³/mol. The highest BCUT2D eigenvalue weighted by atomic mass is 35.5. The average molecular weight is 397 g/mol. The van der Waals surface area contributed by atoms with E-state index in [1.54, 1.807) is 6.07 Å². The summed E-state index contributed by atoms with van der Waals surface area (Å²) in [6.45, 7) is 7.44. The predicted octanol–water partition coefficient (Wildman–Crippen LogP) is 5.48. The fourth-order valence-corrected chi connectivity index (χ4v) is 3.77. The molecule has 3 rings (SSSR count). The Labute approximate surface area is 163 Å². The van der Waals surface area contributed by atoms with Crippen molar-refractivity contribution in [3.63, 3.8) is 0 Å². The van der Waals surface area contributed by atoms with Crippen molar-refractivity contribution in [3.8, 4) is 0 Å². The van der Waals surface area contributed by atoms with Crippen LogP contribution in [0.5, 0.6) is 0 Å². The Morgan fingerprint density at radius 2 is 1.48 bits per heavy atom. The zero-order valence-corrected chi connectivity index (χ0v) is 16.2. The molecule has 2 nitrogen and oxygen atoms in total. The lowest BCUT2D eigenvalue weighted by atomic mass is 9.92. The third kappa shape index (κ3) is 4.65. The molecule has 0 bridgehead atoms. The van der Waals surface area contributed by atoms with Crippen molar-refractivity contribution in [3.05, 3.63) is 69.7 Å². The quantitative estimate of drug-likeness (QED) is 0.736. The summed E-state index contributed by atoms with van der Waals surface area (Å²) in [4.78, 5) is 2.23. The maximum atomic E-state index is 13.4. The van der Waals surface area contributed by atoms with Crippen LogP contribution in [-0.4, -0.2) is 31.1 Å². The third-order valence-electron chi connectivity index (χ3n) is 5.05. The number of hydrogen-bond donors (Lipinski definition) is 1. The topological polar surface area (TPSA) is 15.3 Å². The minimum Gasteiger partial charge on any atom is -0.314 e. The number of halogens is 4. The minimum atomic E-state index is -4.47. The molecule has 27 heavy (non-hydrogen) atoms. The Balaban J connectivity index is 2.05.